The van der Waals surface area contributed by atoms with Crippen LogP contribution in [0.1, 0.15) is 36.8 Å². The highest BCUT2D eigenvalue weighted by Gasteiger charge is 2.46. The molecule has 1 saturated carbocycles. The van der Waals surface area contributed by atoms with Gasteiger partial charge in [-0.25, -0.2) is 0 Å². The average molecular weight is 291 g/mol. The Bertz CT molecular complexity index is 467. The molecule has 0 bridgehead atoms. The molecule has 0 amide bonds. The van der Waals surface area contributed by atoms with Crippen molar-refractivity contribution < 1.29 is 14.6 Å². The van der Waals surface area contributed by atoms with E-state index in [9.17, 15) is 5.11 Å². The summed E-state index contributed by atoms with van der Waals surface area (Å²) in [6.45, 7) is 2.28. The maximum Gasteiger partial charge on any atom is 0.168 e. The van der Waals surface area contributed by atoms with Gasteiger partial charge in [-0.3, -0.25) is 0 Å². The van der Waals surface area contributed by atoms with E-state index in [0.29, 0.717) is 26.1 Å². The first-order chi connectivity index (χ1) is 10.0. The molecule has 1 spiro atoms. The highest BCUT2D eigenvalue weighted by Crippen LogP contribution is 2.44. The van der Waals surface area contributed by atoms with Crippen molar-refractivity contribution in [2.24, 2.45) is 0 Å². The van der Waals surface area contributed by atoms with Gasteiger partial charge in [0.05, 0.1) is 18.8 Å². The van der Waals surface area contributed by atoms with Crippen molar-refractivity contribution in [2.45, 2.75) is 43.6 Å². The second-order valence-electron chi connectivity index (χ2n) is 6.57. The van der Waals surface area contributed by atoms with Crippen LogP contribution in [0.15, 0.2) is 24.3 Å². The third kappa shape index (κ3) is 3.14. The molecule has 1 aromatic carbocycles. The molecule has 4 heteroatoms. The minimum Gasteiger partial charge on any atom is -0.385 e. The smallest absolute Gasteiger partial charge is 0.168 e. The lowest BCUT2D eigenvalue weighted by atomic mass is 9.77. The van der Waals surface area contributed by atoms with E-state index in [-0.39, 0.29) is 0 Å². The Morgan fingerprint density at radius 2 is 1.57 bits per heavy atom. The van der Waals surface area contributed by atoms with Crippen molar-refractivity contribution in [2.75, 3.05) is 27.3 Å². The normalized spacial score (nSPS) is 23.8. The molecule has 3 rings (SSSR count). The molecule has 0 aromatic heterocycles. The summed E-state index contributed by atoms with van der Waals surface area (Å²) in [5.41, 5.74) is 1.54. The van der Waals surface area contributed by atoms with Crippen LogP contribution in [0.3, 0.4) is 0 Å². The van der Waals surface area contributed by atoms with E-state index in [2.05, 4.69) is 43.3 Å². The summed E-state index contributed by atoms with van der Waals surface area (Å²) in [4.78, 5) is 2.14. The molecule has 1 aromatic rings. The van der Waals surface area contributed by atoms with E-state index >= 15 is 0 Å². The van der Waals surface area contributed by atoms with Gasteiger partial charge in [-0.15, -0.1) is 0 Å². The fraction of sp³-hybridized carbons (Fsp3) is 0.647. The lowest BCUT2D eigenvalue weighted by Crippen LogP contribution is -2.42. The molecule has 1 heterocycles. The van der Waals surface area contributed by atoms with E-state index < -0.39 is 11.4 Å². The Labute approximate surface area is 126 Å². The second-order valence-corrected chi connectivity index (χ2v) is 6.57. The molecule has 1 aliphatic heterocycles. The predicted octanol–water partition coefficient (Wildman–Crippen LogP) is 2.25. The predicted molar refractivity (Wildman–Crippen MR) is 80.8 cm³/mol. The summed E-state index contributed by atoms with van der Waals surface area (Å²) in [7, 11) is 4.12. The van der Waals surface area contributed by atoms with Gasteiger partial charge in [-0.05, 0) is 38.1 Å². The minimum absolute atomic E-state index is 0.420. The highest BCUT2D eigenvalue weighted by atomic mass is 16.7. The van der Waals surface area contributed by atoms with Crippen molar-refractivity contribution in [3.63, 3.8) is 0 Å². The molecule has 4 nitrogen and oxygen atoms in total. The summed E-state index contributed by atoms with van der Waals surface area (Å²) in [5.74, 6) is -0.420. The third-order valence-corrected chi connectivity index (χ3v) is 4.64. The topological polar surface area (TPSA) is 41.9 Å². The molecule has 2 fully saturated rings. The molecule has 0 unspecified atom stereocenters. The Morgan fingerprint density at radius 1 is 1.00 bits per heavy atom. The van der Waals surface area contributed by atoms with Gasteiger partial charge in [-0.1, -0.05) is 24.3 Å². The van der Waals surface area contributed by atoms with Crippen molar-refractivity contribution in [3.8, 4) is 0 Å². The number of hydrogen-bond donors (Lipinski definition) is 1. The maximum atomic E-state index is 10.9. The van der Waals surface area contributed by atoms with Crippen LogP contribution < -0.4 is 0 Å². The monoisotopic (exact) mass is 291 g/mol. The Kier molecular flexibility index (Phi) is 4.06. The molecule has 116 valence electrons. The van der Waals surface area contributed by atoms with Crippen LogP contribution in [0.4, 0.5) is 0 Å². The SMILES string of the molecule is CN(C)Cc1ccc(C2(O)CCC3(CC2)OCCO3)cc1. The first-order valence-corrected chi connectivity index (χ1v) is 7.76. The van der Waals surface area contributed by atoms with Gasteiger partial charge < -0.3 is 19.5 Å². The van der Waals surface area contributed by atoms with Gasteiger partial charge >= 0.3 is 0 Å². The van der Waals surface area contributed by atoms with Gasteiger partial charge in [0.25, 0.3) is 0 Å². The molecule has 0 atom stereocenters. The van der Waals surface area contributed by atoms with Crippen molar-refractivity contribution in [1.82, 2.24) is 4.90 Å². The first-order valence-electron chi connectivity index (χ1n) is 7.76. The third-order valence-electron chi connectivity index (χ3n) is 4.64. The number of nitrogens with zero attached hydrogens (tertiary/aromatic N) is 1. The van der Waals surface area contributed by atoms with Gasteiger partial charge in [0.15, 0.2) is 5.79 Å². The summed E-state index contributed by atoms with van der Waals surface area (Å²) >= 11 is 0. The summed E-state index contributed by atoms with van der Waals surface area (Å²) < 4.78 is 11.5. The quantitative estimate of drug-likeness (QED) is 0.927. The van der Waals surface area contributed by atoms with E-state index in [1.54, 1.807) is 0 Å². The zero-order valence-corrected chi connectivity index (χ0v) is 13.0. The average Bonchev–Trinajstić information content (AvgIpc) is 2.92. The van der Waals surface area contributed by atoms with Gasteiger partial charge in [0.2, 0.25) is 0 Å². The second kappa shape index (κ2) is 5.69. The molecule has 21 heavy (non-hydrogen) atoms. The van der Waals surface area contributed by atoms with Crippen LogP contribution in [-0.2, 0) is 21.6 Å². The number of hydrogen-bond acceptors (Lipinski definition) is 4. The van der Waals surface area contributed by atoms with Gasteiger partial charge in [-0.2, -0.15) is 0 Å². The Morgan fingerprint density at radius 3 is 2.10 bits per heavy atom. The Hall–Kier alpha value is -0.940. The van der Waals surface area contributed by atoms with E-state index in [1.807, 2.05) is 0 Å². The minimum atomic E-state index is -0.739. The molecule has 1 N–H and O–H groups in total. The summed E-state index contributed by atoms with van der Waals surface area (Å²) in [6, 6.07) is 8.35. The standard InChI is InChI=1S/C17H25NO3/c1-18(2)13-14-3-5-15(6-4-14)16(19)7-9-17(10-8-16)20-11-12-21-17/h3-6,19H,7-13H2,1-2H3. The zero-order valence-electron chi connectivity index (χ0n) is 13.0. The van der Waals surface area contributed by atoms with Crippen molar-refractivity contribution in [3.05, 3.63) is 35.4 Å². The van der Waals surface area contributed by atoms with Crippen LogP contribution in [0.5, 0.6) is 0 Å². The lowest BCUT2D eigenvalue weighted by Gasteiger charge is -2.40. The lowest BCUT2D eigenvalue weighted by molar-refractivity contribution is -0.204. The number of rotatable bonds is 3. The molecule has 0 radical (unpaired) electrons. The number of ether oxygens (including phenoxy) is 2. The fourth-order valence-corrected chi connectivity index (χ4v) is 3.40. The van der Waals surface area contributed by atoms with Crippen LogP contribution in [-0.4, -0.2) is 43.1 Å². The molecular formula is C17H25NO3. The van der Waals surface area contributed by atoms with Gasteiger partial charge in [0, 0.05) is 19.4 Å². The van der Waals surface area contributed by atoms with Crippen molar-refractivity contribution >= 4 is 0 Å². The van der Waals surface area contributed by atoms with E-state index in [0.717, 1.165) is 24.9 Å². The molecule has 1 aliphatic carbocycles. The molecule has 1 saturated heterocycles. The Balaban J connectivity index is 1.68. The number of aliphatic hydroxyl groups is 1. The van der Waals surface area contributed by atoms with Crippen LogP contribution >= 0.6 is 0 Å². The molecule has 2 aliphatic rings. The highest BCUT2D eigenvalue weighted by molar-refractivity contribution is 5.28. The van der Waals surface area contributed by atoms with Crippen LogP contribution in [0, 0.1) is 0 Å². The van der Waals surface area contributed by atoms with Crippen LogP contribution in [0.2, 0.25) is 0 Å². The molecular weight excluding hydrogens is 266 g/mol. The largest absolute Gasteiger partial charge is 0.385 e. The first kappa shape index (κ1) is 15.0. The summed E-state index contributed by atoms with van der Waals surface area (Å²) in [6.07, 6.45) is 2.92. The van der Waals surface area contributed by atoms with Crippen molar-refractivity contribution in [1.29, 1.82) is 0 Å². The summed E-state index contributed by atoms with van der Waals surface area (Å²) in [5, 5.41) is 10.9. The maximum absolute atomic E-state index is 10.9. The van der Waals surface area contributed by atoms with Crippen LogP contribution in [0.25, 0.3) is 0 Å². The van der Waals surface area contributed by atoms with E-state index in [1.165, 1.54) is 5.56 Å². The van der Waals surface area contributed by atoms with E-state index in [4.69, 9.17) is 9.47 Å². The fourth-order valence-electron chi connectivity index (χ4n) is 3.40. The van der Waals surface area contributed by atoms with Gasteiger partial charge in [0.1, 0.15) is 0 Å². The number of benzene rings is 1. The zero-order chi connectivity index (χ0) is 14.9.